The normalized spacial score (nSPS) is 11.2. The fraction of sp³-hybridized carbons (Fsp3) is 0.500. The van der Waals surface area contributed by atoms with Crippen molar-refractivity contribution in [1.82, 2.24) is 15.0 Å². The van der Waals surface area contributed by atoms with Crippen LogP contribution in [0.4, 0.5) is 0 Å². The molecule has 0 fully saturated rings. The van der Waals surface area contributed by atoms with Gasteiger partial charge in [-0.1, -0.05) is 44.5 Å². The lowest BCUT2D eigenvalue weighted by Gasteiger charge is -2.09. The molecule has 0 atom stereocenters. The van der Waals surface area contributed by atoms with Crippen molar-refractivity contribution in [3.63, 3.8) is 0 Å². The summed E-state index contributed by atoms with van der Waals surface area (Å²) in [7, 11) is 0. The molecular weight excluding hydrogens is 248 g/mol. The maximum Gasteiger partial charge on any atom is 0.0999 e. The van der Waals surface area contributed by atoms with Crippen molar-refractivity contribution in [2.24, 2.45) is 5.73 Å². The Balaban J connectivity index is 2.33. The molecule has 1 aromatic carbocycles. The Kier molecular flexibility index (Phi) is 4.90. The molecule has 0 unspecified atom stereocenters. The van der Waals surface area contributed by atoms with Crippen LogP contribution >= 0.6 is 0 Å². The Bertz CT molecular complexity index is 540. The lowest BCUT2D eigenvalue weighted by Crippen LogP contribution is -2.06. The third-order valence-corrected chi connectivity index (χ3v) is 3.61. The number of benzene rings is 1. The van der Waals surface area contributed by atoms with Crippen LogP contribution in [-0.4, -0.2) is 15.0 Å². The summed E-state index contributed by atoms with van der Waals surface area (Å²) in [4.78, 5) is 0. The summed E-state index contributed by atoms with van der Waals surface area (Å²) >= 11 is 0. The lowest BCUT2D eigenvalue weighted by molar-refractivity contribution is 0.713. The molecule has 0 aliphatic heterocycles. The van der Waals surface area contributed by atoms with Crippen LogP contribution in [0.15, 0.2) is 24.3 Å². The highest BCUT2D eigenvalue weighted by molar-refractivity contribution is 5.37. The average Bonchev–Trinajstić information content (AvgIpc) is 2.88. The number of aromatic nitrogens is 3. The first-order valence-corrected chi connectivity index (χ1v) is 7.41. The van der Waals surface area contributed by atoms with Crippen molar-refractivity contribution < 1.29 is 0 Å². The maximum atomic E-state index is 5.76. The van der Waals surface area contributed by atoms with E-state index >= 15 is 0 Å². The van der Waals surface area contributed by atoms with Crippen molar-refractivity contribution in [3.8, 4) is 5.69 Å². The molecule has 0 radical (unpaired) electrons. The van der Waals surface area contributed by atoms with Gasteiger partial charge in [-0.2, -0.15) is 0 Å². The summed E-state index contributed by atoms with van der Waals surface area (Å²) in [6.45, 7) is 7.03. The van der Waals surface area contributed by atoms with Crippen LogP contribution in [0, 0.1) is 0 Å². The van der Waals surface area contributed by atoms with Crippen LogP contribution in [0.1, 0.15) is 56.5 Å². The van der Waals surface area contributed by atoms with E-state index in [-0.39, 0.29) is 0 Å². The molecule has 0 saturated carbocycles. The standard InChI is InChI=1S/C16H24N4/c1-4-5-6-16-15(11-17)18-19-20(16)14-9-7-13(8-10-14)12(2)3/h7-10,12H,4-6,11,17H2,1-3H3. The minimum absolute atomic E-state index is 0.448. The van der Waals surface area contributed by atoms with Crippen molar-refractivity contribution in [3.05, 3.63) is 41.2 Å². The molecule has 4 nitrogen and oxygen atoms in total. The van der Waals surface area contributed by atoms with Gasteiger partial charge in [0.1, 0.15) is 0 Å². The van der Waals surface area contributed by atoms with Gasteiger partial charge in [0.25, 0.3) is 0 Å². The molecule has 0 aliphatic rings. The van der Waals surface area contributed by atoms with Crippen LogP contribution in [0.2, 0.25) is 0 Å². The van der Waals surface area contributed by atoms with E-state index in [1.807, 2.05) is 4.68 Å². The summed E-state index contributed by atoms with van der Waals surface area (Å²) in [5.74, 6) is 0.541. The van der Waals surface area contributed by atoms with Crippen LogP contribution < -0.4 is 5.73 Å². The summed E-state index contributed by atoms with van der Waals surface area (Å²) in [6, 6.07) is 8.54. The van der Waals surface area contributed by atoms with Gasteiger partial charge in [0, 0.05) is 6.54 Å². The van der Waals surface area contributed by atoms with E-state index in [0.29, 0.717) is 12.5 Å². The number of hydrogen-bond donors (Lipinski definition) is 1. The highest BCUT2D eigenvalue weighted by Gasteiger charge is 2.12. The smallest absolute Gasteiger partial charge is 0.0999 e. The molecule has 1 aromatic heterocycles. The van der Waals surface area contributed by atoms with Crippen molar-refractivity contribution in [2.45, 2.75) is 52.5 Å². The van der Waals surface area contributed by atoms with Gasteiger partial charge in [0.05, 0.1) is 17.1 Å². The number of nitrogens with zero attached hydrogens (tertiary/aromatic N) is 3. The van der Waals surface area contributed by atoms with E-state index in [4.69, 9.17) is 5.73 Å². The van der Waals surface area contributed by atoms with Crippen LogP contribution in [0.3, 0.4) is 0 Å². The second kappa shape index (κ2) is 6.66. The predicted octanol–water partition coefficient (Wildman–Crippen LogP) is 3.19. The van der Waals surface area contributed by atoms with Gasteiger partial charge in [0.2, 0.25) is 0 Å². The Labute approximate surface area is 121 Å². The van der Waals surface area contributed by atoms with Crippen LogP contribution in [0.5, 0.6) is 0 Å². The fourth-order valence-corrected chi connectivity index (χ4v) is 2.29. The van der Waals surface area contributed by atoms with Gasteiger partial charge >= 0.3 is 0 Å². The summed E-state index contributed by atoms with van der Waals surface area (Å²) in [5.41, 5.74) is 10.2. The third-order valence-electron chi connectivity index (χ3n) is 3.61. The molecule has 0 spiro atoms. The number of unbranched alkanes of at least 4 members (excludes halogenated alkanes) is 1. The topological polar surface area (TPSA) is 56.7 Å². The first-order chi connectivity index (χ1) is 9.67. The zero-order chi connectivity index (χ0) is 14.5. The fourth-order valence-electron chi connectivity index (χ4n) is 2.29. The van der Waals surface area contributed by atoms with E-state index < -0.39 is 0 Å². The van der Waals surface area contributed by atoms with Gasteiger partial charge in [-0.15, -0.1) is 5.10 Å². The first-order valence-electron chi connectivity index (χ1n) is 7.41. The molecule has 2 rings (SSSR count). The molecule has 0 amide bonds. The average molecular weight is 272 g/mol. The van der Waals surface area contributed by atoms with Crippen molar-refractivity contribution >= 4 is 0 Å². The Morgan fingerprint density at radius 2 is 1.90 bits per heavy atom. The highest BCUT2D eigenvalue weighted by atomic mass is 15.4. The van der Waals surface area contributed by atoms with Gasteiger partial charge in [-0.25, -0.2) is 4.68 Å². The predicted molar refractivity (Wildman–Crippen MR) is 82.0 cm³/mol. The Morgan fingerprint density at radius 3 is 2.45 bits per heavy atom. The van der Waals surface area contributed by atoms with Crippen molar-refractivity contribution in [1.29, 1.82) is 0 Å². The van der Waals surface area contributed by atoms with E-state index in [1.165, 1.54) is 5.56 Å². The maximum absolute atomic E-state index is 5.76. The summed E-state index contributed by atoms with van der Waals surface area (Å²) < 4.78 is 1.93. The number of rotatable bonds is 6. The SMILES string of the molecule is CCCCc1c(CN)nnn1-c1ccc(C(C)C)cc1. The molecule has 2 N–H and O–H groups in total. The second-order valence-electron chi connectivity index (χ2n) is 5.45. The third kappa shape index (κ3) is 3.07. The number of hydrogen-bond acceptors (Lipinski definition) is 3. The molecule has 108 valence electrons. The van der Waals surface area contributed by atoms with Gasteiger partial charge in [-0.3, -0.25) is 0 Å². The molecule has 0 bridgehead atoms. The zero-order valence-corrected chi connectivity index (χ0v) is 12.6. The molecular formula is C16H24N4. The van der Waals surface area contributed by atoms with Crippen LogP contribution in [0.25, 0.3) is 5.69 Å². The highest BCUT2D eigenvalue weighted by Crippen LogP contribution is 2.19. The summed E-state index contributed by atoms with van der Waals surface area (Å²) in [6.07, 6.45) is 3.26. The van der Waals surface area contributed by atoms with E-state index in [1.54, 1.807) is 0 Å². The zero-order valence-electron chi connectivity index (χ0n) is 12.6. The molecule has 0 aliphatic carbocycles. The van der Waals surface area contributed by atoms with Gasteiger partial charge in [-0.05, 0) is 36.5 Å². The first kappa shape index (κ1) is 14.7. The summed E-state index contributed by atoms with van der Waals surface area (Å²) in [5, 5.41) is 8.48. The van der Waals surface area contributed by atoms with E-state index in [9.17, 15) is 0 Å². The molecule has 4 heteroatoms. The molecule has 0 saturated heterocycles. The van der Waals surface area contributed by atoms with Gasteiger partial charge in [0.15, 0.2) is 0 Å². The van der Waals surface area contributed by atoms with Crippen LogP contribution in [-0.2, 0) is 13.0 Å². The van der Waals surface area contributed by atoms with E-state index in [2.05, 4.69) is 55.3 Å². The largest absolute Gasteiger partial charge is 0.325 e. The quantitative estimate of drug-likeness (QED) is 0.878. The Hall–Kier alpha value is -1.68. The molecule has 1 heterocycles. The second-order valence-corrected chi connectivity index (χ2v) is 5.45. The minimum Gasteiger partial charge on any atom is -0.325 e. The Morgan fingerprint density at radius 1 is 1.20 bits per heavy atom. The molecule has 20 heavy (non-hydrogen) atoms. The minimum atomic E-state index is 0.448. The van der Waals surface area contributed by atoms with Crippen molar-refractivity contribution in [2.75, 3.05) is 0 Å². The number of nitrogens with two attached hydrogens (primary N) is 1. The monoisotopic (exact) mass is 272 g/mol. The lowest BCUT2D eigenvalue weighted by atomic mass is 10.0. The molecule has 2 aromatic rings. The van der Waals surface area contributed by atoms with Gasteiger partial charge < -0.3 is 5.73 Å². The van der Waals surface area contributed by atoms with E-state index in [0.717, 1.165) is 36.3 Å².